The molecule has 2 heterocycles. The Kier molecular flexibility index (Phi) is 4.08. The van der Waals surface area contributed by atoms with Gasteiger partial charge >= 0.3 is 0 Å². The van der Waals surface area contributed by atoms with Crippen LogP contribution in [0.2, 0.25) is 0 Å². The summed E-state index contributed by atoms with van der Waals surface area (Å²) in [5.74, 6) is 2.25. The number of hydrogen-bond donors (Lipinski definition) is 1. The van der Waals surface area contributed by atoms with E-state index in [1.807, 2.05) is 22.8 Å². The lowest BCUT2D eigenvalue weighted by Gasteiger charge is -2.22. The predicted molar refractivity (Wildman–Crippen MR) is 83.2 cm³/mol. The summed E-state index contributed by atoms with van der Waals surface area (Å²) in [5.41, 5.74) is 1.11. The first-order valence-electron chi connectivity index (χ1n) is 7.06. The highest BCUT2D eigenvalue weighted by Crippen LogP contribution is 2.36. The van der Waals surface area contributed by atoms with Gasteiger partial charge in [-0.25, -0.2) is 0 Å². The van der Waals surface area contributed by atoms with E-state index in [0.29, 0.717) is 4.75 Å². The normalized spacial score (nSPS) is 22.2. The number of rotatable bonds is 5. The van der Waals surface area contributed by atoms with Crippen molar-refractivity contribution in [1.29, 1.82) is 0 Å². The molecule has 0 aliphatic carbocycles. The molecule has 106 valence electrons. The van der Waals surface area contributed by atoms with Crippen LogP contribution in [0.3, 0.4) is 0 Å². The molecule has 0 spiro atoms. The van der Waals surface area contributed by atoms with Gasteiger partial charge in [-0.05, 0) is 37.7 Å². The molecule has 2 aromatic rings. The second-order valence-corrected chi connectivity index (χ2v) is 7.14. The van der Waals surface area contributed by atoms with Gasteiger partial charge in [0.2, 0.25) is 0 Å². The first kappa shape index (κ1) is 13.6. The lowest BCUT2D eigenvalue weighted by Crippen LogP contribution is -2.33. The summed E-state index contributed by atoms with van der Waals surface area (Å²) in [5, 5.41) is 11.8. The molecule has 1 aromatic heterocycles. The Labute approximate surface area is 124 Å². The van der Waals surface area contributed by atoms with Crippen LogP contribution in [0.25, 0.3) is 5.69 Å². The first-order valence-corrected chi connectivity index (χ1v) is 8.04. The van der Waals surface area contributed by atoms with E-state index in [1.54, 1.807) is 6.33 Å². The minimum Gasteiger partial charge on any atom is -0.308 e. The zero-order chi connectivity index (χ0) is 13.8. The molecule has 5 heteroatoms. The minimum atomic E-state index is 0.387. The van der Waals surface area contributed by atoms with Gasteiger partial charge in [0.05, 0.1) is 6.54 Å². The van der Waals surface area contributed by atoms with Crippen LogP contribution in [0.15, 0.2) is 36.7 Å². The molecule has 20 heavy (non-hydrogen) atoms. The number of thioether (sulfide) groups is 1. The van der Waals surface area contributed by atoms with Gasteiger partial charge in [-0.1, -0.05) is 18.2 Å². The minimum absolute atomic E-state index is 0.387. The molecule has 1 fully saturated rings. The molecule has 3 rings (SSSR count). The third kappa shape index (κ3) is 3.04. The van der Waals surface area contributed by atoms with E-state index in [9.17, 15) is 0 Å². The van der Waals surface area contributed by atoms with E-state index in [0.717, 1.165) is 24.6 Å². The quantitative estimate of drug-likeness (QED) is 0.918. The number of nitrogens with one attached hydrogen (secondary N) is 1. The van der Waals surface area contributed by atoms with Gasteiger partial charge in [0.1, 0.15) is 6.33 Å². The largest absolute Gasteiger partial charge is 0.308 e. The van der Waals surface area contributed by atoms with Gasteiger partial charge in [0, 0.05) is 17.0 Å². The molecule has 0 bridgehead atoms. The summed E-state index contributed by atoms with van der Waals surface area (Å²) in [6.07, 6.45) is 4.41. The van der Waals surface area contributed by atoms with Gasteiger partial charge < -0.3 is 5.32 Å². The molecule has 0 radical (unpaired) electrons. The molecule has 1 aliphatic heterocycles. The molecule has 0 amide bonds. The number of aromatic nitrogens is 3. The van der Waals surface area contributed by atoms with Crippen LogP contribution in [0.5, 0.6) is 0 Å². The molecular weight excluding hydrogens is 268 g/mol. The third-order valence-corrected chi connectivity index (χ3v) is 5.27. The average Bonchev–Trinajstić information content (AvgIpc) is 3.10. The fraction of sp³-hybridized carbons (Fsp3) is 0.467. The Morgan fingerprint density at radius 1 is 1.35 bits per heavy atom. The summed E-state index contributed by atoms with van der Waals surface area (Å²) in [6, 6.07) is 10.2. The summed E-state index contributed by atoms with van der Waals surface area (Å²) < 4.78 is 2.43. The maximum absolute atomic E-state index is 4.22. The Balaban J connectivity index is 1.63. The van der Waals surface area contributed by atoms with E-state index >= 15 is 0 Å². The van der Waals surface area contributed by atoms with Crippen LogP contribution < -0.4 is 5.32 Å². The molecule has 1 aromatic carbocycles. The molecular formula is C15H20N4S. The topological polar surface area (TPSA) is 42.7 Å². The Morgan fingerprint density at radius 3 is 2.95 bits per heavy atom. The van der Waals surface area contributed by atoms with Crippen molar-refractivity contribution < 1.29 is 0 Å². The molecule has 1 aliphatic rings. The standard InChI is InChI=1S/C15H20N4S/c1-15(8-5-9-20-15)11-16-10-14-18-17-12-19(14)13-6-3-2-4-7-13/h2-4,6-7,12,16H,5,8-11H2,1H3/t15-/m1/s1. The highest BCUT2D eigenvalue weighted by Gasteiger charge is 2.28. The zero-order valence-electron chi connectivity index (χ0n) is 11.7. The van der Waals surface area contributed by atoms with Crippen LogP contribution in [-0.2, 0) is 6.54 Å². The maximum atomic E-state index is 4.22. The van der Waals surface area contributed by atoms with Crippen molar-refractivity contribution in [3.8, 4) is 5.69 Å². The molecule has 4 nitrogen and oxygen atoms in total. The summed E-state index contributed by atoms with van der Waals surface area (Å²) >= 11 is 2.08. The third-order valence-electron chi connectivity index (χ3n) is 3.74. The fourth-order valence-electron chi connectivity index (χ4n) is 2.60. The first-order chi connectivity index (χ1) is 9.77. The van der Waals surface area contributed by atoms with Crippen molar-refractivity contribution in [1.82, 2.24) is 20.1 Å². The lowest BCUT2D eigenvalue weighted by atomic mass is 10.1. The van der Waals surface area contributed by atoms with E-state index in [2.05, 4.69) is 46.3 Å². The van der Waals surface area contributed by atoms with E-state index in [1.165, 1.54) is 18.6 Å². The van der Waals surface area contributed by atoms with E-state index in [4.69, 9.17) is 0 Å². The Morgan fingerprint density at radius 2 is 2.20 bits per heavy atom. The summed E-state index contributed by atoms with van der Waals surface area (Å²) in [7, 11) is 0. The van der Waals surface area contributed by atoms with Crippen molar-refractivity contribution in [3.05, 3.63) is 42.5 Å². The van der Waals surface area contributed by atoms with Gasteiger partial charge in [0.15, 0.2) is 5.82 Å². The van der Waals surface area contributed by atoms with Crippen molar-refractivity contribution in [2.45, 2.75) is 31.1 Å². The molecule has 1 saturated heterocycles. The van der Waals surface area contributed by atoms with Crippen LogP contribution >= 0.6 is 11.8 Å². The maximum Gasteiger partial charge on any atom is 0.151 e. The van der Waals surface area contributed by atoms with Gasteiger partial charge in [-0.15, -0.1) is 10.2 Å². The molecule has 1 atom stereocenters. The van der Waals surface area contributed by atoms with Crippen LogP contribution in [0, 0.1) is 0 Å². The molecule has 0 unspecified atom stereocenters. The van der Waals surface area contributed by atoms with E-state index in [-0.39, 0.29) is 0 Å². The van der Waals surface area contributed by atoms with Crippen LogP contribution in [-0.4, -0.2) is 31.8 Å². The van der Waals surface area contributed by atoms with Crippen LogP contribution in [0.4, 0.5) is 0 Å². The SMILES string of the molecule is C[C@]1(CNCc2nncn2-c2ccccc2)CCCS1. The Hall–Kier alpha value is -1.33. The average molecular weight is 288 g/mol. The number of para-hydroxylation sites is 1. The van der Waals surface area contributed by atoms with Gasteiger partial charge in [-0.3, -0.25) is 4.57 Å². The van der Waals surface area contributed by atoms with Crippen molar-refractivity contribution in [3.63, 3.8) is 0 Å². The number of benzene rings is 1. The monoisotopic (exact) mass is 288 g/mol. The fourth-order valence-corrected chi connectivity index (χ4v) is 3.87. The molecule has 0 saturated carbocycles. The van der Waals surface area contributed by atoms with Gasteiger partial charge in [0.25, 0.3) is 0 Å². The summed E-state index contributed by atoms with van der Waals surface area (Å²) in [6.45, 7) is 4.13. The van der Waals surface area contributed by atoms with Crippen molar-refractivity contribution >= 4 is 11.8 Å². The van der Waals surface area contributed by atoms with Crippen LogP contribution in [0.1, 0.15) is 25.6 Å². The predicted octanol–water partition coefficient (Wildman–Crippen LogP) is 2.64. The summed E-state index contributed by atoms with van der Waals surface area (Å²) in [4.78, 5) is 0. The smallest absolute Gasteiger partial charge is 0.151 e. The van der Waals surface area contributed by atoms with E-state index < -0.39 is 0 Å². The van der Waals surface area contributed by atoms with Crippen molar-refractivity contribution in [2.24, 2.45) is 0 Å². The second-order valence-electron chi connectivity index (χ2n) is 5.46. The number of nitrogens with zero attached hydrogens (tertiary/aromatic N) is 3. The highest BCUT2D eigenvalue weighted by atomic mass is 32.2. The molecule has 1 N–H and O–H groups in total. The zero-order valence-corrected chi connectivity index (χ0v) is 12.6. The lowest BCUT2D eigenvalue weighted by molar-refractivity contribution is 0.527. The van der Waals surface area contributed by atoms with Crippen molar-refractivity contribution in [2.75, 3.05) is 12.3 Å². The second kappa shape index (κ2) is 5.97. The Bertz CT molecular complexity index is 546. The van der Waals surface area contributed by atoms with Gasteiger partial charge in [-0.2, -0.15) is 11.8 Å². The number of hydrogen-bond acceptors (Lipinski definition) is 4. The highest BCUT2D eigenvalue weighted by molar-refractivity contribution is 8.00.